The Balaban J connectivity index is 1.62. The van der Waals surface area contributed by atoms with Crippen molar-refractivity contribution in [3.8, 4) is 5.75 Å². The number of pyridine rings is 1. The summed E-state index contributed by atoms with van der Waals surface area (Å²) >= 11 is 1.55. The van der Waals surface area contributed by atoms with Crippen molar-refractivity contribution in [1.82, 2.24) is 14.6 Å². The van der Waals surface area contributed by atoms with E-state index in [0.29, 0.717) is 31.0 Å². The molecule has 3 aromatic rings. The van der Waals surface area contributed by atoms with Crippen molar-refractivity contribution in [1.29, 1.82) is 0 Å². The molecule has 4 rings (SSSR count). The molecule has 1 amide bonds. The highest BCUT2D eigenvalue weighted by Crippen LogP contribution is 2.26. The van der Waals surface area contributed by atoms with Gasteiger partial charge >= 0.3 is 0 Å². The third-order valence-electron chi connectivity index (χ3n) is 4.15. The Kier molecular flexibility index (Phi) is 4.72. The SMILES string of the molecule is COc1ccc(N2CCOCC2)n2nc(NC(=O)Cc3cccs3)nc12. The summed E-state index contributed by atoms with van der Waals surface area (Å²) in [5, 5.41) is 9.21. The van der Waals surface area contributed by atoms with Crippen LogP contribution in [0.1, 0.15) is 4.88 Å². The molecular weight excluding hydrogens is 354 g/mol. The zero-order valence-corrected chi connectivity index (χ0v) is 15.2. The Morgan fingerprint density at radius 2 is 2.19 bits per heavy atom. The summed E-state index contributed by atoms with van der Waals surface area (Å²) in [4.78, 5) is 19.9. The minimum atomic E-state index is -0.143. The number of anilines is 2. The number of carbonyl (C=O) groups excluding carboxylic acids is 1. The molecule has 8 nitrogen and oxygen atoms in total. The molecule has 1 aliphatic heterocycles. The number of rotatable bonds is 5. The van der Waals surface area contributed by atoms with Crippen LogP contribution in [-0.2, 0) is 16.0 Å². The molecule has 136 valence electrons. The van der Waals surface area contributed by atoms with Gasteiger partial charge in [0.15, 0.2) is 5.75 Å². The normalized spacial score (nSPS) is 14.6. The van der Waals surface area contributed by atoms with Crippen LogP contribution in [0.4, 0.5) is 11.8 Å². The van der Waals surface area contributed by atoms with Crippen molar-refractivity contribution in [2.45, 2.75) is 6.42 Å². The average Bonchev–Trinajstić information content (AvgIpc) is 3.31. The fraction of sp³-hybridized carbons (Fsp3) is 0.353. The molecule has 0 saturated carbocycles. The van der Waals surface area contributed by atoms with Gasteiger partial charge in [0.2, 0.25) is 17.5 Å². The second-order valence-electron chi connectivity index (χ2n) is 5.83. The highest BCUT2D eigenvalue weighted by Gasteiger charge is 2.19. The number of ether oxygens (including phenoxy) is 2. The maximum absolute atomic E-state index is 12.2. The van der Waals surface area contributed by atoms with E-state index in [2.05, 4.69) is 20.3 Å². The topological polar surface area (TPSA) is 81.0 Å². The molecule has 0 radical (unpaired) electrons. The predicted molar refractivity (Wildman–Crippen MR) is 99.2 cm³/mol. The van der Waals surface area contributed by atoms with Gasteiger partial charge in [0.1, 0.15) is 5.82 Å². The maximum atomic E-state index is 12.2. The van der Waals surface area contributed by atoms with Gasteiger partial charge in [-0.15, -0.1) is 16.4 Å². The summed E-state index contributed by atoms with van der Waals surface area (Å²) in [6, 6.07) is 7.67. The van der Waals surface area contributed by atoms with E-state index < -0.39 is 0 Å². The summed E-state index contributed by atoms with van der Waals surface area (Å²) in [7, 11) is 1.59. The number of thiophene rings is 1. The fourth-order valence-electron chi connectivity index (χ4n) is 2.91. The van der Waals surface area contributed by atoms with E-state index in [4.69, 9.17) is 9.47 Å². The second-order valence-corrected chi connectivity index (χ2v) is 6.87. The van der Waals surface area contributed by atoms with Crippen LogP contribution in [0.3, 0.4) is 0 Å². The van der Waals surface area contributed by atoms with Gasteiger partial charge in [-0.3, -0.25) is 10.1 Å². The predicted octanol–water partition coefficient (Wildman–Crippen LogP) is 1.82. The molecule has 1 saturated heterocycles. The lowest BCUT2D eigenvalue weighted by molar-refractivity contribution is -0.115. The van der Waals surface area contributed by atoms with Crippen LogP contribution < -0.4 is 15.0 Å². The lowest BCUT2D eigenvalue weighted by Crippen LogP contribution is -2.37. The van der Waals surface area contributed by atoms with Gasteiger partial charge in [-0.2, -0.15) is 9.50 Å². The quantitative estimate of drug-likeness (QED) is 0.735. The molecule has 0 unspecified atom stereocenters. The van der Waals surface area contributed by atoms with E-state index in [1.54, 1.807) is 23.0 Å². The van der Waals surface area contributed by atoms with Gasteiger partial charge in [-0.05, 0) is 23.6 Å². The first-order chi connectivity index (χ1) is 12.7. The van der Waals surface area contributed by atoms with Crippen LogP contribution >= 0.6 is 11.3 Å². The first-order valence-corrected chi connectivity index (χ1v) is 9.21. The summed E-state index contributed by atoms with van der Waals surface area (Å²) < 4.78 is 12.5. The molecule has 9 heteroatoms. The van der Waals surface area contributed by atoms with Crippen LogP contribution in [0.2, 0.25) is 0 Å². The van der Waals surface area contributed by atoms with Crippen molar-refractivity contribution >= 4 is 34.7 Å². The highest BCUT2D eigenvalue weighted by molar-refractivity contribution is 7.10. The number of nitrogens with one attached hydrogen (secondary N) is 1. The van der Waals surface area contributed by atoms with Gasteiger partial charge in [-0.25, -0.2) is 0 Å². The maximum Gasteiger partial charge on any atom is 0.249 e. The lowest BCUT2D eigenvalue weighted by Gasteiger charge is -2.28. The van der Waals surface area contributed by atoms with Gasteiger partial charge in [-0.1, -0.05) is 6.07 Å². The van der Waals surface area contributed by atoms with Crippen LogP contribution in [0.15, 0.2) is 29.6 Å². The number of amides is 1. The number of morpholine rings is 1. The minimum absolute atomic E-state index is 0.143. The Morgan fingerprint density at radius 3 is 2.92 bits per heavy atom. The van der Waals surface area contributed by atoms with Crippen molar-refractivity contribution in [2.75, 3.05) is 43.6 Å². The molecule has 1 N–H and O–H groups in total. The Bertz CT molecular complexity index is 903. The summed E-state index contributed by atoms with van der Waals surface area (Å²) in [5.74, 6) is 1.63. The third kappa shape index (κ3) is 3.35. The molecule has 1 fully saturated rings. The summed E-state index contributed by atoms with van der Waals surface area (Å²) in [6.45, 7) is 2.90. The van der Waals surface area contributed by atoms with Crippen LogP contribution in [-0.4, -0.2) is 53.9 Å². The smallest absolute Gasteiger partial charge is 0.249 e. The molecule has 0 aliphatic carbocycles. The molecule has 0 atom stereocenters. The minimum Gasteiger partial charge on any atom is -0.493 e. The molecule has 3 aromatic heterocycles. The molecule has 4 heterocycles. The monoisotopic (exact) mass is 373 g/mol. The van der Waals surface area contributed by atoms with Crippen molar-refractivity contribution in [3.05, 3.63) is 34.5 Å². The van der Waals surface area contributed by atoms with Crippen molar-refractivity contribution in [2.24, 2.45) is 0 Å². The van der Waals surface area contributed by atoms with Gasteiger partial charge in [0.25, 0.3) is 0 Å². The number of methoxy groups -OCH3 is 1. The molecule has 0 aromatic carbocycles. The average molecular weight is 373 g/mol. The molecular formula is C17H19N5O3S. The van der Waals surface area contributed by atoms with Crippen LogP contribution in [0.25, 0.3) is 5.65 Å². The fourth-order valence-corrected chi connectivity index (χ4v) is 3.61. The standard InChI is InChI=1S/C17H19N5O3S/c1-24-13-4-5-15(21-6-8-25-9-7-21)22-16(13)19-17(20-22)18-14(23)11-12-3-2-10-26-12/h2-5,10H,6-9,11H2,1H3,(H,18,20,23). The van der Waals surface area contributed by atoms with E-state index in [1.165, 1.54) is 0 Å². The summed E-state index contributed by atoms with van der Waals surface area (Å²) in [5.41, 5.74) is 0.572. The van der Waals surface area contributed by atoms with Crippen molar-refractivity contribution in [3.63, 3.8) is 0 Å². The van der Waals surface area contributed by atoms with Gasteiger partial charge in [0, 0.05) is 18.0 Å². The van der Waals surface area contributed by atoms with Gasteiger partial charge < -0.3 is 14.4 Å². The number of hydrogen-bond acceptors (Lipinski definition) is 7. The second kappa shape index (κ2) is 7.30. The molecule has 1 aliphatic rings. The Morgan fingerprint density at radius 1 is 1.35 bits per heavy atom. The zero-order chi connectivity index (χ0) is 17.9. The number of carbonyl (C=O) groups is 1. The van der Waals surface area contributed by atoms with Gasteiger partial charge in [0.05, 0.1) is 26.7 Å². The number of aromatic nitrogens is 3. The number of hydrogen-bond donors (Lipinski definition) is 1. The van der Waals surface area contributed by atoms with Crippen LogP contribution in [0, 0.1) is 0 Å². The zero-order valence-electron chi connectivity index (χ0n) is 14.3. The van der Waals surface area contributed by atoms with E-state index in [9.17, 15) is 4.79 Å². The van der Waals surface area contributed by atoms with Crippen LogP contribution in [0.5, 0.6) is 5.75 Å². The van der Waals surface area contributed by atoms with E-state index >= 15 is 0 Å². The largest absolute Gasteiger partial charge is 0.493 e. The first kappa shape index (κ1) is 16.8. The summed E-state index contributed by atoms with van der Waals surface area (Å²) in [6.07, 6.45) is 0.306. The lowest BCUT2D eigenvalue weighted by atomic mass is 10.3. The third-order valence-corrected chi connectivity index (χ3v) is 5.03. The molecule has 0 spiro atoms. The Labute approximate surface area is 154 Å². The molecule has 0 bridgehead atoms. The first-order valence-electron chi connectivity index (χ1n) is 8.33. The number of nitrogens with zero attached hydrogens (tertiary/aromatic N) is 4. The Hall–Kier alpha value is -2.65. The van der Waals surface area contributed by atoms with E-state index in [1.807, 2.05) is 29.6 Å². The van der Waals surface area contributed by atoms with E-state index in [0.717, 1.165) is 23.8 Å². The number of fused-ring (bicyclic) bond motifs is 1. The molecule has 26 heavy (non-hydrogen) atoms. The highest BCUT2D eigenvalue weighted by atomic mass is 32.1. The van der Waals surface area contributed by atoms with Crippen molar-refractivity contribution < 1.29 is 14.3 Å². The van der Waals surface area contributed by atoms with E-state index in [-0.39, 0.29) is 11.9 Å².